The van der Waals surface area contributed by atoms with Crippen molar-refractivity contribution >= 4 is 29.6 Å². The number of aliphatic carboxylic acids is 1. The average molecular weight is 288 g/mol. The lowest BCUT2D eigenvalue weighted by Crippen LogP contribution is -2.35. The molecule has 102 valence electrons. The summed E-state index contributed by atoms with van der Waals surface area (Å²) in [7, 11) is 0. The van der Waals surface area contributed by atoms with Gasteiger partial charge in [-0.15, -0.1) is 0 Å². The number of halogens is 2. The molecule has 0 aliphatic rings. The van der Waals surface area contributed by atoms with Crippen LogP contribution in [0.4, 0.5) is 4.39 Å². The summed E-state index contributed by atoms with van der Waals surface area (Å²) in [5.74, 6) is -2.57. The molecule has 1 rings (SSSR count). The number of hydrogen-bond acceptors (Lipinski definition) is 3. The number of aliphatic hydroxyl groups is 1. The van der Waals surface area contributed by atoms with Crippen molar-refractivity contribution < 1.29 is 24.2 Å². The maximum absolute atomic E-state index is 12.9. The molecule has 0 bridgehead atoms. The van der Waals surface area contributed by atoms with Gasteiger partial charge < -0.3 is 15.5 Å². The third-order valence-electron chi connectivity index (χ3n) is 2.13. The topological polar surface area (TPSA) is 86.6 Å². The standard InChI is InChI=1S/C12H11ClFNO4/c13-8-5-7(1-3-9(8)14)2-4-11(17)15-6-10(16)12(18)19/h1-5,10,16H,6H2,(H,15,17)(H,18,19). The largest absolute Gasteiger partial charge is 0.479 e. The molecule has 0 radical (unpaired) electrons. The average Bonchev–Trinajstić information content (AvgIpc) is 2.37. The molecule has 0 aromatic heterocycles. The second kappa shape index (κ2) is 6.86. The van der Waals surface area contributed by atoms with Gasteiger partial charge in [-0.2, -0.15) is 0 Å². The first-order valence-corrected chi connectivity index (χ1v) is 5.60. The molecule has 0 saturated carbocycles. The van der Waals surface area contributed by atoms with Gasteiger partial charge >= 0.3 is 5.97 Å². The molecule has 7 heteroatoms. The van der Waals surface area contributed by atoms with Crippen LogP contribution in [0.2, 0.25) is 5.02 Å². The van der Waals surface area contributed by atoms with E-state index < -0.39 is 30.3 Å². The van der Waals surface area contributed by atoms with Crippen molar-refractivity contribution in [2.45, 2.75) is 6.10 Å². The molecule has 0 aliphatic heterocycles. The molecule has 0 heterocycles. The van der Waals surface area contributed by atoms with Crippen molar-refractivity contribution in [2.24, 2.45) is 0 Å². The number of hydrogen-bond donors (Lipinski definition) is 3. The number of carboxylic acid groups (broad SMARTS) is 1. The maximum atomic E-state index is 12.9. The molecular weight excluding hydrogens is 277 g/mol. The molecule has 1 amide bonds. The zero-order valence-corrected chi connectivity index (χ0v) is 10.4. The minimum atomic E-state index is -1.65. The van der Waals surface area contributed by atoms with E-state index in [9.17, 15) is 14.0 Å². The predicted octanol–water partition coefficient (Wildman–Crippen LogP) is 1.05. The van der Waals surface area contributed by atoms with Crippen LogP contribution in [0, 0.1) is 5.82 Å². The lowest BCUT2D eigenvalue weighted by molar-refractivity contribution is -0.146. The Labute approximate surface area is 113 Å². The van der Waals surface area contributed by atoms with Gasteiger partial charge in [0, 0.05) is 6.08 Å². The van der Waals surface area contributed by atoms with Crippen molar-refractivity contribution in [1.29, 1.82) is 0 Å². The SMILES string of the molecule is O=C(C=Cc1ccc(F)c(Cl)c1)NCC(O)C(=O)O. The monoisotopic (exact) mass is 287 g/mol. The summed E-state index contributed by atoms with van der Waals surface area (Å²) >= 11 is 5.56. The molecule has 1 aromatic rings. The van der Waals surface area contributed by atoms with E-state index in [2.05, 4.69) is 5.32 Å². The summed E-state index contributed by atoms with van der Waals surface area (Å²) in [5.41, 5.74) is 0.514. The number of nitrogens with one attached hydrogen (secondary N) is 1. The normalized spacial score (nSPS) is 12.4. The molecule has 0 aliphatic carbocycles. The van der Waals surface area contributed by atoms with E-state index in [1.54, 1.807) is 0 Å². The third-order valence-corrected chi connectivity index (χ3v) is 2.42. The first kappa shape index (κ1) is 15.1. The molecule has 1 unspecified atom stereocenters. The molecule has 19 heavy (non-hydrogen) atoms. The zero-order chi connectivity index (χ0) is 14.4. The lowest BCUT2D eigenvalue weighted by atomic mass is 10.2. The van der Waals surface area contributed by atoms with Crippen molar-refractivity contribution in [3.63, 3.8) is 0 Å². The summed E-state index contributed by atoms with van der Waals surface area (Å²) in [6, 6.07) is 3.93. The molecule has 0 fully saturated rings. The molecule has 5 nitrogen and oxygen atoms in total. The smallest absolute Gasteiger partial charge is 0.334 e. The summed E-state index contributed by atoms with van der Waals surface area (Å²) in [5, 5.41) is 19.5. The molecule has 1 aromatic carbocycles. The minimum absolute atomic E-state index is 0.0659. The van der Waals surface area contributed by atoms with Crippen molar-refractivity contribution in [3.05, 3.63) is 40.7 Å². The lowest BCUT2D eigenvalue weighted by Gasteiger charge is -2.05. The zero-order valence-electron chi connectivity index (χ0n) is 9.64. The van der Waals surface area contributed by atoms with Crippen LogP contribution >= 0.6 is 11.6 Å². The third kappa shape index (κ3) is 5.07. The Morgan fingerprint density at radius 2 is 2.16 bits per heavy atom. The highest BCUT2D eigenvalue weighted by atomic mass is 35.5. The second-order valence-electron chi connectivity index (χ2n) is 3.61. The van der Waals surface area contributed by atoms with E-state index in [1.807, 2.05) is 0 Å². The highest BCUT2D eigenvalue weighted by Gasteiger charge is 2.12. The van der Waals surface area contributed by atoms with Crippen molar-refractivity contribution in [3.8, 4) is 0 Å². The van der Waals surface area contributed by atoms with Gasteiger partial charge in [0.25, 0.3) is 0 Å². The molecule has 1 atom stereocenters. The van der Waals surface area contributed by atoms with Crippen LogP contribution in [0.1, 0.15) is 5.56 Å². The van der Waals surface area contributed by atoms with Gasteiger partial charge in [-0.25, -0.2) is 9.18 Å². The first-order chi connectivity index (χ1) is 8.90. The fourth-order valence-corrected chi connectivity index (χ4v) is 1.32. The molecular formula is C12H11ClFNO4. The molecule has 0 spiro atoms. The summed E-state index contributed by atoms with van der Waals surface area (Å²) in [4.78, 5) is 21.6. The first-order valence-electron chi connectivity index (χ1n) is 5.22. The number of carbonyl (C=O) groups is 2. The van der Waals surface area contributed by atoms with Gasteiger partial charge in [-0.3, -0.25) is 4.79 Å². The van der Waals surface area contributed by atoms with E-state index in [0.29, 0.717) is 5.56 Å². The van der Waals surface area contributed by atoms with Crippen LogP contribution in [0.5, 0.6) is 0 Å². The summed E-state index contributed by atoms with van der Waals surface area (Å²) in [6.45, 7) is -0.400. The Bertz CT molecular complexity index is 518. The van der Waals surface area contributed by atoms with Crippen molar-refractivity contribution in [2.75, 3.05) is 6.54 Å². The maximum Gasteiger partial charge on any atom is 0.334 e. The number of rotatable bonds is 5. The number of carboxylic acids is 1. The van der Waals surface area contributed by atoms with Crippen molar-refractivity contribution in [1.82, 2.24) is 5.32 Å². The van der Waals surface area contributed by atoms with Gasteiger partial charge in [-0.1, -0.05) is 17.7 Å². The fourth-order valence-electron chi connectivity index (χ4n) is 1.13. The van der Waals surface area contributed by atoms with Gasteiger partial charge in [0.1, 0.15) is 5.82 Å². The van der Waals surface area contributed by atoms with E-state index in [1.165, 1.54) is 18.2 Å². The number of carbonyl (C=O) groups excluding carboxylic acids is 1. The minimum Gasteiger partial charge on any atom is -0.479 e. The highest BCUT2D eigenvalue weighted by molar-refractivity contribution is 6.30. The number of amides is 1. The van der Waals surface area contributed by atoms with Gasteiger partial charge in [0.15, 0.2) is 6.10 Å². The van der Waals surface area contributed by atoms with Crippen LogP contribution in [-0.4, -0.2) is 34.7 Å². The van der Waals surface area contributed by atoms with Gasteiger partial charge in [0.2, 0.25) is 5.91 Å². The Kier molecular flexibility index (Phi) is 5.47. The second-order valence-corrected chi connectivity index (χ2v) is 4.01. The Balaban J connectivity index is 2.54. The van der Waals surface area contributed by atoms with Gasteiger partial charge in [-0.05, 0) is 23.8 Å². The van der Waals surface area contributed by atoms with Gasteiger partial charge in [0.05, 0.1) is 11.6 Å². The van der Waals surface area contributed by atoms with Crippen LogP contribution in [0.3, 0.4) is 0 Å². The van der Waals surface area contributed by atoms with Crippen LogP contribution < -0.4 is 5.32 Å². The quantitative estimate of drug-likeness (QED) is 0.707. The Morgan fingerprint density at radius 1 is 1.47 bits per heavy atom. The summed E-state index contributed by atoms with van der Waals surface area (Å²) < 4.78 is 12.9. The van der Waals surface area contributed by atoms with E-state index >= 15 is 0 Å². The van der Waals surface area contributed by atoms with E-state index in [-0.39, 0.29) is 5.02 Å². The Morgan fingerprint density at radius 3 is 2.74 bits per heavy atom. The van der Waals surface area contributed by atoms with E-state index in [4.69, 9.17) is 21.8 Å². The number of benzene rings is 1. The van der Waals surface area contributed by atoms with Crippen LogP contribution in [-0.2, 0) is 9.59 Å². The highest BCUT2D eigenvalue weighted by Crippen LogP contribution is 2.16. The Hall–Kier alpha value is -1.92. The van der Waals surface area contributed by atoms with Crippen LogP contribution in [0.15, 0.2) is 24.3 Å². The fraction of sp³-hybridized carbons (Fsp3) is 0.167. The van der Waals surface area contributed by atoms with E-state index in [0.717, 1.165) is 12.1 Å². The predicted molar refractivity (Wildman–Crippen MR) is 67.1 cm³/mol. The molecule has 3 N–H and O–H groups in total. The number of aliphatic hydroxyl groups excluding tert-OH is 1. The molecule has 0 saturated heterocycles. The van der Waals surface area contributed by atoms with Crippen LogP contribution in [0.25, 0.3) is 6.08 Å². The summed E-state index contributed by atoms with van der Waals surface area (Å²) in [6.07, 6.45) is 0.851.